The van der Waals surface area contributed by atoms with Crippen molar-refractivity contribution >= 4 is 27.8 Å². The third kappa shape index (κ3) is 4.35. The van der Waals surface area contributed by atoms with Crippen LogP contribution in [-0.2, 0) is 19.6 Å². The lowest BCUT2D eigenvalue weighted by molar-refractivity contribution is 0.601. The summed E-state index contributed by atoms with van der Waals surface area (Å²) >= 11 is 1.36. The first-order chi connectivity index (χ1) is 15.5. The number of nitrogen functional groups attached to an aromatic ring is 1. The fourth-order valence-corrected chi connectivity index (χ4v) is 4.34. The van der Waals surface area contributed by atoms with Crippen LogP contribution in [0.1, 0.15) is 31.0 Å². The van der Waals surface area contributed by atoms with Crippen LogP contribution < -0.4 is 27.4 Å². The van der Waals surface area contributed by atoms with E-state index in [1.807, 2.05) is 37.3 Å². The molecule has 0 saturated carbocycles. The second kappa shape index (κ2) is 9.23. The van der Waals surface area contributed by atoms with Crippen LogP contribution in [-0.4, -0.2) is 18.9 Å². The molecule has 0 fully saturated rings. The van der Waals surface area contributed by atoms with Gasteiger partial charge in [0.25, 0.3) is 11.1 Å². The number of aromatic nitrogens is 4. The van der Waals surface area contributed by atoms with E-state index in [-0.39, 0.29) is 23.6 Å². The summed E-state index contributed by atoms with van der Waals surface area (Å²) in [5, 5.41) is 1.79. The number of hydrogen-bond acceptors (Lipinski definition) is 7. The van der Waals surface area contributed by atoms with Gasteiger partial charge in [0.2, 0.25) is 0 Å². The van der Waals surface area contributed by atoms with Gasteiger partial charge in [-0.15, -0.1) is 11.3 Å². The highest BCUT2D eigenvalue weighted by Crippen LogP contribution is 2.22. The number of rotatable bonds is 8. The molecule has 0 bridgehead atoms. The predicted octanol–water partition coefficient (Wildman–Crippen LogP) is 2.20. The van der Waals surface area contributed by atoms with Crippen molar-refractivity contribution in [1.29, 1.82) is 0 Å². The molecule has 0 aliphatic carbocycles. The number of benzene rings is 1. The van der Waals surface area contributed by atoms with Gasteiger partial charge < -0.3 is 10.6 Å². The van der Waals surface area contributed by atoms with Gasteiger partial charge in [-0.05, 0) is 12.0 Å². The third-order valence-electron chi connectivity index (χ3n) is 5.19. The summed E-state index contributed by atoms with van der Waals surface area (Å²) in [4.78, 5) is 47.0. The average Bonchev–Trinajstić information content (AvgIpc) is 3.23. The van der Waals surface area contributed by atoms with Crippen molar-refractivity contribution in [3.05, 3.63) is 90.4 Å². The molecule has 0 saturated heterocycles. The molecule has 0 aliphatic heterocycles. The first-order valence-electron chi connectivity index (χ1n) is 10.3. The zero-order valence-corrected chi connectivity index (χ0v) is 18.5. The van der Waals surface area contributed by atoms with Crippen molar-refractivity contribution in [1.82, 2.24) is 18.9 Å². The Kier molecular flexibility index (Phi) is 6.22. The largest absolute Gasteiger partial charge is 0.383 e. The van der Waals surface area contributed by atoms with E-state index in [0.29, 0.717) is 23.7 Å². The summed E-state index contributed by atoms with van der Waals surface area (Å²) in [7, 11) is 0. The quantitative estimate of drug-likeness (QED) is 0.423. The molecule has 0 aliphatic rings. The Balaban J connectivity index is 1.81. The maximum atomic E-state index is 12.9. The van der Waals surface area contributed by atoms with E-state index in [9.17, 15) is 14.4 Å². The first kappa shape index (κ1) is 21.6. The number of nitrogens with two attached hydrogens (primary N) is 1. The van der Waals surface area contributed by atoms with Crippen LogP contribution in [0.3, 0.4) is 0 Å². The fraction of sp³-hybridized carbons (Fsp3) is 0.273. The predicted molar refractivity (Wildman–Crippen MR) is 126 cm³/mol. The van der Waals surface area contributed by atoms with E-state index in [2.05, 4.69) is 9.97 Å². The van der Waals surface area contributed by atoms with E-state index >= 15 is 0 Å². The minimum atomic E-state index is -0.565. The Morgan fingerprint density at radius 2 is 1.94 bits per heavy atom. The number of fused-ring (bicyclic) bond motifs is 1. The van der Waals surface area contributed by atoms with Crippen molar-refractivity contribution in [2.75, 3.05) is 10.6 Å². The summed E-state index contributed by atoms with van der Waals surface area (Å²) in [6.07, 6.45) is 3.30. The summed E-state index contributed by atoms with van der Waals surface area (Å²) in [6.45, 7) is 2.95. The second-order valence-electron chi connectivity index (χ2n) is 7.48. The minimum absolute atomic E-state index is 0.108. The van der Waals surface area contributed by atoms with Crippen molar-refractivity contribution in [2.24, 2.45) is 0 Å². The number of H-pyrrole nitrogens is 1. The highest BCUT2D eigenvalue weighted by Gasteiger charge is 2.20. The zero-order valence-electron chi connectivity index (χ0n) is 17.7. The van der Waals surface area contributed by atoms with Crippen LogP contribution >= 0.6 is 11.3 Å². The zero-order chi connectivity index (χ0) is 22.7. The Bertz CT molecular complexity index is 1400. The average molecular weight is 453 g/mol. The molecule has 4 rings (SSSR count). The molecule has 0 spiro atoms. The lowest BCUT2D eigenvalue weighted by Gasteiger charge is -2.26. The number of unbranched alkanes of at least 4 members (excludes halogenated alkanes) is 1. The van der Waals surface area contributed by atoms with E-state index in [0.717, 1.165) is 18.4 Å². The normalized spacial score (nSPS) is 11.2. The molecule has 3 aromatic heterocycles. The molecule has 10 heteroatoms. The van der Waals surface area contributed by atoms with Gasteiger partial charge in [0.15, 0.2) is 4.96 Å². The SMILES string of the molecule is CCCCn1c(N)c(N(Cc2ccccc2)Cc2cc(=O)n3ccsc3n2)c(=O)[nH]c1=O. The van der Waals surface area contributed by atoms with E-state index in [1.165, 1.54) is 26.4 Å². The van der Waals surface area contributed by atoms with Crippen molar-refractivity contribution in [2.45, 2.75) is 39.4 Å². The van der Waals surface area contributed by atoms with Crippen LogP contribution in [0, 0.1) is 0 Å². The molecule has 1 aromatic carbocycles. The molecular weight excluding hydrogens is 428 g/mol. The topological polar surface area (TPSA) is 118 Å². The first-order valence-corrected chi connectivity index (χ1v) is 11.2. The van der Waals surface area contributed by atoms with Gasteiger partial charge in [-0.1, -0.05) is 43.7 Å². The number of hydrogen-bond donors (Lipinski definition) is 2. The van der Waals surface area contributed by atoms with E-state index in [1.54, 1.807) is 16.5 Å². The monoisotopic (exact) mass is 452 g/mol. The van der Waals surface area contributed by atoms with Crippen molar-refractivity contribution < 1.29 is 0 Å². The number of nitrogens with zero attached hydrogens (tertiary/aromatic N) is 4. The van der Waals surface area contributed by atoms with E-state index < -0.39 is 11.2 Å². The van der Waals surface area contributed by atoms with Crippen LogP contribution in [0.15, 0.2) is 62.4 Å². The van der Waals surface area contributed by atoms with Gasteiger partial charge in [0.05, 0.1) is 12.2 Å². The van der Waals surface area contributed by atoms with Gasteiger partial charge in [0, 0.05) is 30.7 Å². The van der Waals surface area contributed by atoms with Gasteiger partial charge in [-0.2, -0.15) is 0 Å². The maximum absolute atomic E-state index is 12.9. The van der Waals surface area contributed by atoms with Crippen LogP contribution in [0.5, 0.6) is 0 Å². The van der Waals surface area contributed by atoms with Crippen molar-refractivity contribution in [3.63, 3.8) is 0 Å². The molecule has 166 valence electrons. The fourth-order valence-electron chi connectivity index (χ4n) is 3.60. The summed E-state index contributed by atoms with van der Waals surface area (Å²) in [6, 6.07) is 11.1. The van der Waals surface area contributed by atoms with Crippen LogP contribution in [0.25, 0.3) is 4.96 Å². The molecule has 0 radical (unpaired) electrons. The summed E-state index contributed by atoms with van der Waals surface area (Å²) in [5.74, 6) is 0.108. The van der Waals surface area contributed by atoms with Gasteiger partial charge in [-0.25, -0.2) is 9.78 Å². The third-order valence-corrected chi connectivity index (χ3v) is 5.95. The number of thiazole rings is 1. The second-order valence-corrected chi connectivity index (χ2v) is 8.35. The molecule has 0 atom stereocenters. The number of nitrogens with one attached hydrogen (secondary N) is 1. The smallest absolute Gasteiger partial charge is 0.330 e. The Morgan fingerprint density at radius 3 is 2.69 bits per heavy atom. The number of anilines is 2. The molecule has 3 N–H and O–H groups in total. The summed E-state index contributed by atoms with van der Waals surface area (Å²) in [5.41, 5.74) is 6.72. The molecule has 9 nitrogen and oxygen atoms in total. The Labute approximate surface area is 187 Å². The number of aromatic amines is 1. The minimum Gasteiger partial charge on any atom is -0.383 e. The molecule has 0 unspecified atom stereocenters. The van der Waals surface area contributed by atoms with E-state index in [4.69, 9.17) is 5.73 Å². The molecule has 4 aromatic rings. The molecule has 0 amide bonds. The maximum Gasteiger partial charge on any atom is 0.330 e. The molecule has 32 heavy (non-hydrogen) atoms. The standard InChI is InChI=1S/C22H24N6O3S/c1-2-3-9-28-19(23)18(20(30)25-21(28)31)26(13-15-7-5-4-6-8-15)14-16-12-17(29)27-10-11-32-22(27)24-16/h4-8,10-12H,2-3,9,13-14,23H2,1H3,(H,25,30,31). The lowest BCUT2D eigenvalue weighted by Crippen LogP contribution is -2.38. The van der Waals surface area contributed by atoms with Crippen LogP contribution in [0.4, 0.5) is 11.5 Å². The highest BCUT2D eigenvalue weighted by atomic mass is 32.1. The van der Waals surface area contributed by atoms with Crippen LogP contribution in [0.2, 0.25) is 0 Å². The summed E-state index contributed by atoms with van der Waals surface area (Å²) < 4.78 is 2.87. The Morgan fingerprint density at radius 1 is 1.16 bits per heavy atom. The Hall–Kier alpha value is -3.66. The molecular formula is C22H24N6O3S. The molecule has 3 heterocycles. The van der Waals surface area contributed by atoms with Gasteiger partial charge in [0.1, 0.15) is 11.5 Å². The highest BCUT2D eigenvalue weighted by molar-refractivity contribution is 7.15. The van der Waals surface area contributed by atoms with Crippen molar-refractivity contribution in [3.8, 4) is 0 Å². The van der Waals surface area contributed by atoms with Gasteiger partial charge >= 0.3 is 5.69 Å². The van der Waals surface area contributed by atoms with Gasteiger partial charge in [-0.3, -0.25) is 23.5 Å². The lowest BCUT2D eigenvalue weighted by atomic mass is 10.2.